The van der Waals surface area contributed by atoms with Crippen molar-refractivity contribution < 1.29 is 22.7 Å². The molecule has 1 heterocycles. The lowest BCUT2D eigenvalue weighted by atomic mass is 10.3. The molecule has 0 bridgehead atoms. The SMILES string of the molecule is COc1nccnc1NS(=O)(=O)c1ccc(NC(=O)COc2ccc(Br)cc2Cl)cc1. The molecule has 2 N–H and O–H groups in total. The number of hydrogen-bond donors (Lipinski definition) is 2. The lowest BCUT2D eigenvalue weighted by Crippen LogP contribution is -2.20. The molecule has 31 heavy (non-hydrogen) atoms. The quantitative estimate of drug-likeness (QED) is 0.458. The Labute approximate surface area is 191 Å². The van der Waals surface area contributed by atoms with Gasteiger partial charge in [0.15, 0.2) is 6.61 Å². The Bertz CT molecular complexity index is 1190. The van der Waals surface area contributed by atoms with Crippen LogP contribution in [0.4, 0.5) is 11.5 Å². The van der Waals surface area contributed by atoms with Crippen LogP contribution < -0.4 is 19.5 Å². The van der Waals surface area contributed by atoms with Crippen LogP contribution in [-0.4, -0.2) is 38.0 Å². The molecule has 0 atom stereocenters. The lowest BCUT2D eigenvalue weighted by molar-refractivity contribution is -0.118. The molecule has 12 heteroatoms. The first-order chi connectivity index (χ1) is 14.8. The summed E-state index contributed by atoms with van der Waals surface area (Å²) in [5.41, 5.74) is 0.395. The summed E-state index contributed by atoms with van der Waals surface area (Å²) in [5, 5.41) is 2.98. The molecule has 0 aliphatic carbocycles. The number of methoxy groups -OCH3 is 1. The fourth-order valence-corrected chi connectivity index (χ4v) is 4.12. The van der Waals surface area contributed by atoms with Crippen molar-refractivity contribution in [1.29, 1.82) is 0 Å². The highest BCUT2D eigenvalue weighted by molar-refractivity contribution is 9.10. The minimum atomic E-state index is -3.93. The molecule has 1 amide bonds. The fraction of sp³-hybridized carbons (Fsp3) is 0.105. The van der Waals surface area contributed by atoms with Gasteiger partial charge in [-0.25, -0.2) is 18.4 Å². The molecule has 0 unspecified atom stereocenters. The van der Waals surface area contributed by atoms with Crippen molar-refractivity contribution in [3.05, 3.63) is 64.4 Å². The predicted octanol–water partition coefficient (Wildman–Crippen LogP) is 3.72. The van der Waals surface area contributed by atoms with Crippen molar-refractivity contribution in [2.75, 3.05) is 23.8 Å². The van der Waals surface area contributed by atoms with Gasteiger partial charge in [-0.15, -0.1) is 0 Å². The van der Waals surface area contributed by atoms with E-state index in [-0.39, 0.29) is 23.2 Å². The zero-order valence-electron chi connectivity index (χ0n) is 16.0. The minimum Gasteiger partial charge on any atom is -0.482 e. The summed E-state index contributed by atoms with van der Waals surface area (Å²) in [6.07, 6.45) is 2.71. The summed E-state index contributed by atoms with van der Waals surface area (Å²) in [6.45, 7) is -0.268. The molecule has 3 rings (SSSR count). The molecular weight excluding hydrogens is 512 g/mol. The van der Waals surface area contributed by atoms with E-state index >= 15 is 0 Å². The van der Waals surface area contributed by atoms with Crippen LogP contribution in [0, 0.1) is 0 Å². The normalized spacial score (nSPS) is 10.9. The second-order valence-electron chi connectivity index (χ2n) is 5.96. The van der Waals surface area contributed by atoms with Gasteiger partial charge in [0, 0.05) is 22.6 Å². The van der Waals surface area contributed by atoms with Gasteiger partial charge in [-0.3, -0.25) is 9.52 Å². The number of carbonyl (C=O) groups excluding carboxylic acids is 1. The number of aromatic nitrogens is 2. The maximum absolute atomic E-state index is 12.6. The Morgan fingerprint density at radius 1 is 1.13 bits per heavy atom. The number of halogens is 2. The molecule has 0 aliphatic heterocycles. The number of hydrogen-bond acceptors (Lipinski definition) is 7. The van der Waals surface area contributed by atoms with E-state index in [1.54, 1.807) is 18.2 Å². The first-order valence-corrected chi connectivity index (χ1v) is 11.3. The number of carbonyl (C=O) groups is 1. The Kier molecular flexibility index (Phi) is 7.31. The average Bonchev–Trinajstić information content (AvgIpc) is 2.73. The minimum absolute atomic E-state index is 0.0314. The topological polar surface area (TPSA) is 120 Å². The van der Waals surface area contributed by atoms with Crippen molar-refractivity contribution in [3.63, 3.8) is 0 Å². The van der Waals surface area contributed by atoms with E-state index in [9.17, 15) is 13.2 Å². The second-order valence-corrected chi connectivity index (χ2v) is 8.96. The van der Waals surface area contributed by atoms with Crippen LogP contribution in [-0.2, 0) is 14.8 Å². The molecule has 1 aromatic heterocycles. The van der Waals surface area contributed by atoms with Gasteiger partial charge in [-0.05, 0) is 42.5 Å². The summed E-state index contributed by atoms with van der Waals surface area (Å²) in [6, 6.07) is 10.6. The van der Waals surface area contributed by atoms with Crippen molar-refractivity contribution in [3.8, 4) is 11.6 Å². The number of rotatable bonds is 8. The van der Waals surface area contributed by atoms with Crippen LogP contribution in [0.5, 0.6) is 11.6 Å². The van der Waals surface area contributed by atoms with Gasteiger partial charge in [0.1, 0.15) is 5.75 Å². The Morgan fingerprint density at radius 2 is 1.84 bits per heavy atom. The zero-order valence-corrected chi connectivity index (χ0v) is 19.2. The van der Waals surface area contributed by atoms with Gasteiger partial charge < -0.3 is 14.8 Å². The number of nitrogens with zero attached hydrogens (tertiary/aromatic N) is 2. The molecule has 2 aromatic carbocycles. The van der Waals surface area contributed by atoms with E-state index in [1.165, 1.54) is 43.8 Å². The molecule has 3 aromatic rings. The first kappa shape index (κ1) is 22.8. The molecular formula is C19H16BrClN4O5S. The van der Waals surface area contributed by atoms with Crippen LogP contribution in [0.25, 0.3) is 0 Å². The molecule has 162 valence electrons. The maximum atomic E-state index is 12.6. The highest BCUT2D eigenvalue weighted by Gasteiger charge is 2.18. The van der Waals surface area contributed by atoms with Crippen molar-refractivity contribution >= 4 is 55.0 Å². The Balaban J connectivity index is 1.62. The zero-order chi connectivity index (χ0) is 22.4. The highest BCUT2D eigenvalue weighted by Crippen LogP contribution is 2.27. The van der Waals surface area contributed by atoms with Crippen LogP contribution in [0.2, 0.25) is 5.02 Å². The third-order valence-corrected chi connectivity index (χ3v) is 5.93. The van der Waals surface area contributed by atoms with E-state index in [0.717, 1.165) is 4.47 Å². The monoisotopic (exact) mass is 526 g/mol. The summed E-state index contributed by atoms with van der Waals surface area (Å²) in [4.78, 5) is 19.9. The van der Waals surface area contributed by atoms with E-state index in [0.29, 0.717) is 16.5 Å². The molecule has 0 radical (unpaired) electrons. The number of amides is 1. The fourth-order valence-electron chi connectivity index (χ4n) is 2.38. The van der Waals surface area contributed by atoms with Gasteiger partial charge >= 0.3 is 0 Å². The number of nitrogens with one attached hydrogen (secondary N) is 2. The number of benzene rings is 2. The Hall–Kier alpha value is -2.89. The third-order valence-electron chi connectivity index (χ3n) is 3.79. The molecule has 0 aliphatic rings. The van der Waals surface area contributed by atoms with Gasteiger partial charge in [-0.1, -0.05) is 27.5 Å². The maximum Gasteiger partial charge on any atom is 0.263 e. The van der Waals surface area contributed by atoms with Gasteiger partial charge in [0.25, 0.3) is 21.8 Å². The first-order valence-electron chi connectivity index (χ1n) is 8.64. The van der Waals surface area contributed by atoms with Crippen LogP contribution in [0.1, 0.15) is 0 Å². The van der Waals surface area contributed by atoms with Crippen molar-refractivity contribution in [2.45, 2.75) is 4.90 Å². The molecule has 0 saturated carbocycles. The van der Waals surface area contributed by atoms with Crippen LogP contribution >= 0.6 is 27.5 Å². The largest absolute Gasteiger partial charge is 0.482 e. The van der Waals surface area contributed by atoms with Gasteiger partial charge in [0.05, 0.1) is 17.0 Å². The smallest absolute Gasteiger partial charge is 0.263 e. The summed E-state index contributed by atoms with van der Waals surface area (Å²) < 4.78 is 38.6. The van der Waals surface area contributed by atoms with Gasteiger partial charge in [-0.2, -0.15) is 0 Å². The Morgan fingerprint density at radius 3 is 2.52 bits per heavy atom. The standard InChI is InChI=1S/C19H16BrClN4O5S/c1-29-19-18(22-8-9-23-19)25-31(27,28)14-5-3-13(4-6-14)24-17(26)11-30-16-7-2-12(20)10-15(16)21/h2-10H,11H2,1H3,(H,22,25)(H,24,26). The summed E-state index contributed by atoms with van der Waals surface area (Å²) in [7, 11) is -2.58. The average molecular weight is 528 g/mol. The number of sulfonamides is 1. The van der Waals surface area contributed by atoms with E-state index in [4.69, 9.17) is 21.1 Å². The van der Waals surface area contributed by atoms with E-state index < -0.39 is 15.9 Å². The van der Waals surface area contributed by atoms with Crippen LogP contribution in [0.15, 0.2) is 64.2 Å². The third kappa shape index (κ3) is 6.06. The number of anilines is 2. The predicted molar refractivity (Wildman–Crippen MR) is 119 cm³/mol. The molecule has 9 nitrogen and oxygen atoms in total. The molecule has 0 saturated heterocycles. The molecule has 0 fully saturated rings. The highest BCUT2D eigenvalue weighted by atomic mass is 79.9. The molecule has 0 spiro atoms. The van der Waals surface area contributed by atoms with E-state index in [1.807, 2.05) is 0 Å². The van der Waals surface area contributed by atoms with E-state index in [2.05, 4.69) is 35.9 Å². The van der Waals surface area contributed by atoms with Crippen molar-refractivity contribution in [1.82, 2.24) is 9.97 Å². The van der Waals surface area contributed by atoms with Crippen molar-refractivity contribution in [2.24, 2.45) is 0 Å². The van der Waals surface area contributed by atoms with Crippen LogP contribution in [0.3, 0.4) is 0 Å². The summed E-state index contributed by atoms with van der Waals surface area (Å²) in [5.74, 6) is -0.0593. The second kappa shape index (κ2) is 9.94. The number of ether oxygens (including phenoxy) is 2. The summed E-state index contributed by atoms with van der Waals surface area (Å²) >= 11 is 9.33. The van der Waals surface area contributed by atoms with Gasteiger partial charge in [0.2, 0.25) is 5.82 Å². The lowest BCUT2D eigenvalue weighted by Gasteiger charge is -2.11.